The molecule has 1 aromatic heterocycles. The number of aromatic nitrogens is 1. The van der Waals surface area contributed by atoms with E-state index in [1.165, 1.54) is 0 Å². The third-order valence-electron chi connectivity index (χ3n) is 3.68. The van der Waals surface area contributed by atoms with Crippen molar-refractivity contribution in [1.82, 2.24) is 15.6 Å². The van der Waals surface area contributed by atoms with E-state index in [-0.39, 0.29) is 24.0 Å². The Balaban J connectivity index is 0.00000312. The minimum atomic E-state index is -0.597. The molecule has 0 aliphatic heterocycles. The first-order valence-corrected chi connectivity index (χ1v) is 8.19. The highest BCUT2D eigenvalue weighted by atomic mass is 127. The molecule has 0 bridgehead atoms. The van der Waals surface area contributed by atoms with E-state index in [0.29, 0.717) is 24.9 Å². The van der Waals surface area contributed by atoms with Gasteiger partial charge in [-0.2, -0.15) is 0 Å². The molecule has 2 aromatic rings. The molecular formula is C18H27IN4O2. The maximum absolute atomic E-state index is 10.3. The summed E-state index contributed by atoms with van der Waals surface area (Å²) >= 11 is 0. The standard InChI is InChI=1S/C18H26N4O2.HI/c1-5-19-18(21-11-17-22-13(3)14(4)24-17)20-10-16(23)15-8-6-7-12(2)9-15;/h6-9,16,23H,5,10-11H2,1-4H3,(H2,19,20,21);1H. The summed E-state index contributed by atoms with van der Waals surface area (Å²) < 4.78 is 5.53. The molecular weight excluding hydrogens is 431 g/mol. The van der Waals surface area contributed by atoms with Gasteiger partial charge in [-0.25, -0.2) is 9.98 Å². The van der Waals surface area contributed by atoms with Crippen LogP contribution in [0.15, 0.2) is 33.7 Å². The number of nitrogens with zero attached hydrogens (tertiary/aromatic N) is 2. The molecule has 0 radical (unpaired) electrons. The summed E-state index contributed by atoms with van der Waals surface area (Å²) in [5.74, 6) is 2.02. The van der Waals surface area contributed by atoms with Crippen molar-refractivity contribution in [3.8, 4) is 0 Å². The minimum absolute atomic E-state index is 0. The third kappa shape index (κ3) is 6.66. The number of aryl methyl sites for hydroxylation is 3. The molecule has 0 spiro atoms. The van der Waals surface area contributed by atoms with Crippen LogP contribution in [0.5, 0.6) is 0 Å². The summed E-state index contributed by atoms with van der Waals surface area (Å²) in [5, 5.41) is 16.6. The fourth-order valence-corrected chi connectivity index (χ4v) is 2.28. The second-order valence-corrected chi connectivity index (χ2v) is 5.76. The third-order valence-corrected chi connectivity index (χ3v) is 3.68. The van der Waals surface area contributed by atoms with Gasteiger partial charge < -0.3 is 20.2 Å². The van der Waals surface area contributed by atoms with E-state index in [4.69, 9.17) is 4.42 Å². The predicted octanol–water partition coefficient (Wildman–Crippen LogP) is 3.01. The molecule has 7 heteroatoms. The number of hydrogen-bond donors (Lipinski definition) is 3. The van der Waals surface area contributed by atoms with Gasteiger partial charge in [-0.3, -0.25) is 0 Å². The second-order valence-electron chi connectivity index (χ2n) is 5.76. The van der Waals surface area contributed by atoms with Gasteiger partial charge in [0.1, 0.15) is 12.3 Å². The normalized spacial score (nSPS) is 12.4. The summed E-state index contributed by atoms with van der Waals surface area (Å²) in [6.07, 6.45) is -0.597. The molecule has 138 valence electrons. The molecule has 0 aliphatic carbocycles. The molecule has 0 aliphatic rings. The average molecular weight is 458 g/mol. The van der Waals surface area contributed by atoms with E-state index >= 15 is 0 Å². The van der Waals surface area contributed by atoms with Crippen molar-refractivity contribution < 1.29 is 9.52 Å². The minimum Gasteiger partial charge on any atom is -0.444 e. The Kier molecular flexibility index (Phi) is 8.91. The number of aliphatic hydroxyl groups excluding tert-OH is 1. The Morgan fingerprint density at radius 1 is 1.28 bits per heavy atom. The molecule has 0 fully saturated rings. The van der Waals surface area contributed by atoms with Crippen LogP contribution in [-0.2, 0) is 6.54 Å². The van der Waals surface area contributed by atoms with Gasteiger partial charge in [0.2, 0.25) is 5.89 Å². The van der Waals surface area contributed by atoms with Crippen LogP contribution >= 0.6 is 24.0 Å². The molecule has 1 unspecified atom stereocenters. The van der Waals surface area contributed by atoms with Crippen molar-refractivity contribution in [3.63, 3.8) is 0 Å². The largest absolute Gasteiger partial charge is 0.444 e. The first-order valence-electron chi connectivity index (χ1n) is 8.19. The molecule has 1 aromatic carbocycles. The average Bonchev–Trinajstić information content (AvgIpc) is 2.88. The van der Waals surface area contributed by atoms with Crippen LogP contribution in [0.4, 0.5) is 0 Å². The molecule has 2 rings (SSSR count). The topological polar surface area (TPSA) is 82.7 Å². The van der Waals surface area contributed by atoms with Crippen LogP contribution in [0, 0.1) is 20.8 Å². The van der Waals surface area contributed by atoms with Gasteiger partial charge in [-0.15, -0.1) is 24.0 Å². The van der Waals surface area contributed by atoms with E-state index in [2.05, 4.69) is 20.6 Å². The van der Waals surface area contributed by atoms with Crippen molar-refractivity contribution in [2.75, 3.05) is 13.1 Å². The SMILES string of the molecule is CCNC(=NCc1nc(C)c(C)o1)NCC(O)c1cccc(C)c1.I. The zero-order valence-corrected chi connectivity index (χ0v) is 17.5. The van der Waals surface area contributed by atoms with E-state index in [9.17, 15) is 5.11 Å². The Hall–Kier alpha value is -1.61. The van der Waals surface area contributed by atoms with Gasteiger partial charge in [-0.05, 0) is 33.3 Å². The van der Waals surface area contributed by atoms with E-state index < -0.39 is 6.10 Å². The van der Waals surface area contributed by atoms with Gasteiger partial charge in [0.25, 0.3) is 0 Å². The number of nitrogens with one attached hydrogen (secondary N) is 2. The van der Waals surface area contributed by atoms with Gasteiger partial charge in [-0.1, -0.05) is 29.8 Å². The number of benzene rings is 1. The zero-order valence-electron chi connectivity index (χ0n) is 15.2. The van der Waals surface area contributed by atoms with Gasteiger partial charge in [0.05, 0.1) is 11.8 Å². The van der Waals surface area contributed by atoms with E-state index in [1.54, 1.807) is 0 Å². The number of aliphatic imine (C=N–C) groups is 1. The molecule has 0 saturated heterocycles. The van der Waals surface area contributed by atoms with Gasteiger partial charge >= 0.3 is 0 Å². The van der Waals surface area contributed by atoms with Crippen molar-refractivity contribution >= 4 is 29.9 Å². The first kappa shape index (κ1) is 21.4. The van der Waals surface area contributed by atoms with Crippen molar-refractivity contribution in [1.29, 1.82) is 0 Å². The fraction of sp³-hybridized carbons (Fsp3) is 0.444. The molecule has 1 heterocycles. The lowest BCUT2D eigenvalue weighted by atomic mass is 10.1. The highest BCUT2D eigenvalue weighted by molar-refractivity contribution is 14.0. The molecule has 3 N–H and O–H groups in total. The van der Waals surface area contributed by atoms with Crippen LogP contribution < -0.4 is 10.6 Å². The molecule has 6 nitrogen and oxygen atoms in total. The summed E-state index contributed by atoms with van der Waals surface area (Å²) in [7, 11) is 0. The maximum Gasteiger partial charge on any atom is 0.216 e. The zero-order chi connectivity index (χ0) is 17.5. The first-order chi connectivity index (χ1) is 11.5. The van der Waals surface area contributed by atoms with Crippen molar-refractivity contribution in [2.45, 2.75) is 40.3 Å². The number of oxazole rings is 1. The second kappa shape index (κ2) is 10.4. The quantitative estimate of drug-likeness (QED) is 0.352. The van der Waals surface area contributed by atoms with E-state index in [0.717, 1.165) is 29.1 Å². The van der Waals surface area contributed by atoms with Gasteiger partial charge in [0.15, 0.2) is 5.96 Å². The van der Waals surface area contributed by atoms with Gasteiger partial charge in [0, 0.05) is 13.1 Å². The smallest absolute Gasteiger partial charge is 0.216 e. The summed E-state index contributed by atoms with van der Waals surface area (Å²) in [6.45, 7) is 9.26. The Labute approximate surface area is 166 Å². The Morgan fingerprint density at radius 3 is 2.64 bits per heavy atom. The van der Waals surface area contributed by atoms with E-state index in [1.807, 2.05) is 52.0 Å². The number of guanidine groups is 1. The lowest BCUT2D eigenvalue weighted by Gasteiger charge is -2.15. The summed E-state index contributed by atoms with van der Waals surface area (Å²) in [5.41, 5.74) is 2.90. The van der Waals surface area contributed by atoms with Crippen LogP contribution in [0.3, 0.4) is 0 Å². The fourth-order valence-electron chi connectivity index (χ4n) is 2.28. The molecule has 0 amide bonds. The van der Waals surface area contributed by atoms with Crippen LogP contribution in [0.25, 0.3) is 0 Å². The molecule has 0 saturated carbocycles. The number of rotatable bonds is 6. The Morgan fingerprint density at radius 2 is 2.04 bits per heavy atom. The number of halogens is 1. The summed E-state index contributed by atoms with van der Waals surface area (Å²) in [6, 6.07) is 7.85. The Bertz CT molecular complexity index is 681. The predicted molar refractivity (Wildman–Crippen MR) is 110 cm³/mol. The van der Waals surface area contributed by atoms with Crippen LogP contribution in [0.2, 0.25) is 0 Å². The number of aliphatic hydroxyl groups is 1. The molecule has 25 heavy (non-hydrogen) atoms. The summed E-state index contributed by atoms with van der Waals surface area (Å²) in [4.78, 5) is 8.76. The van der Waals surface area contributed by atoms with Crippen LogP contribution in [-0.4, -0.2) is 29.1 Å². The number of hydrogen-bond acceptors (Lipinski definition) is 4. The lowest BCUT2D eigenvalue weighted by molar-refractivity contribution is 0.181. The lowest BCUT2D eigenvalue weighted by Crippen LogP contribution is -2.39. The van der Waals surface area contributed by atoms with Crippen LogP contribution in [0.1, 0.15) is 41.5 Å². The van der Waals surface area contributed by atoms with Crippen molar-refractivity contribution in [3.05, 3.63) is 52.7 Å². The van der Waals surface area contributed by atoms with Crippen molar-refractivity contribution in [2.24, 2.45) is 4.99 Å². The molecule has 1 atom stereocenters. The maximum atomic E-state index is 10.3. The monoisotopic (exact) mass is 458 g/mol. The highest BCUT2D eigenvalue weighted by Crippen LogP contribution is 2.13. The highest BCUT2D eigenvalue weighted by Gasteiger charge is 2.09.